The fourth-order valence-electron chi connectivity index (χ4n) is 1.97. The van der Waals surface area contributed by atoms with Crippen LogP contribution in [0.3, 0.4) is 0 Å². The van der Waals surface area contributed by atoms with Crippen LogP contribution < -0.4 is 5.73 Å². The van der Waals surface area contributed by atoms with Crippen molar-refractivity contribution in [2.24, 2.45) is 5.73 Å². The minimum absolute atomic E-state index is 0.0645. The van der Waals surface area contributed by atoms with Crippen LogP contribution in [0.15, 0.2) is 24.3 Å². The van der Waals surface area contributed by atoms with E-state index in [4.69, 9.17) is 10.8 Å². The summed E-state index contributed by atoms with van der Waals surface area (Å²) in [5.74, 6) is -0.973. The van der Waals surface area contributed by atoms with Gasteiger partial charge in [0.05, 0.1) is 6.42 Å². The van der Waals surface area contributed by atoms with Gasteiger partial charge in [0, 0.05) is 11.5 Å². The van der Waals surface area contributed by atoms with Crippen LogP contribution in [-0.2, 0) is 11.2 Å². The lowest BCUT2D eigenvalue weighted by Crippen LogP contribution is -2.40. The summed E-state index contributed by atoms with van der Waals surface area (Å²) in [6.45, 7) is 5.83. The fourth-order valence-corrected chi connectivity index (χ4v) is 1.97. The van der Waals surface area contributed by atoms with E-state index in [1.807, 2.05) is 38.1 Å². The maximum atomic E-state index is 10.9. The standard InChI is InChI=1S/C14H21NO2/c1-4-10-5-7-11(8-6-10)12(9-13(16)17)14(2,3)15/h5-8,12H,4,9,15H2,1-3H3,(H,16,17). The van der Waals surface area contributed by atoms with Gasteiger partial charge in [0.15, 0.2) is 0 Å². The fraction of sp³-hybridized carbons (Fsp3) is 0.500. The molecule has 1 aromatic carbocycles. The van der Waals surface area contributed by atoms with Crippen LogP contribution in [0, 0.1) is 0 Å². The highest BCUT2D eigenvalue weighted by molar-refractivity contribution is 5.68. The summed E-state index contributed by atoms with van der Waals surface area (Å²) in [5.41, 5.74) is 7.78. The minimum Gasteiger partial charge on any atom is -0.481 e. The number of rotatable bonds is 5. The molecular weight excluding hydrogens is 214 g/mol. The Bertz CT molecular complexity index is 376. The van der Waals surface area contributed by atoms with Gasteiger partial charge in [-0.25, -0.2) is 0 Å². The summed E-state index contributed by atoms with van der Waals surface area (Å²) >= 11 is 0. The molecule has 0 fully saturated rings. The molecule has 17 heavy (non-hydrogen) atoms. The number of hydrogen-bond donors (Lipinski definition) is 2. The van der Waals surface area contributed by atoms with E-state index >= 15 is 0 Å². The van der Waals surface area contributed by atoms with Crippen molar-refractivity contribution in [1.29, 1.82) is 0 Å². The van der Waals surface area contributed by atoms with Crippen LogP contribution in [0.1, 0.15) is 44.2 Å². The second kappa shape index (κ2) is 5.32. The van der Waals surface area contributed by atoms with E-state index in [0.29, 0.717) is 0 Å². The van der Waals surface area contributed by atoms with Crippen LogP contribution in [0.5, 0.6) is 0 Å². The Morgan fingerprint density at radius 1 is 1.35 bits per heavy atom. The van der Waals surface area contributed by atoms with Gasteiger partial charge in [0.2, 0.25) is 0 Å². The normalized spacial score (nSPS) is 13.4. The molecule has 0 aliphatic carbocycles. The second-order valence-corrected chi connectivity index (χ2v) is 5.07. The first-order valence-electron chi connectivity index (χ1n) is 5.94. The topological polar surface area (TPSA) is 63.3 Å². The van der Waals surface area contributed by atoms with Crippen molar-refractivity contribution in [3.63, 3.8) is 0 Å². The lowest BCUT2D eigenvalue weighted by Gasteiger charge is -2.30. The van der Waals surface area contributed by atoms with Gasteiger partial charge in [-0.05, 0) is 31.4 Å². The minimum atomic E-state index is -0.812. The number of carboxylic acids is 1. The van der Waals surface area contributed by atoms with Crippen molar-refractivity contribution in [1.82, 2.24) is 0 Å². The Morgan fingerprint density at radius 2 is 1.88 bits per heavy atom. The highest BCUT2D eigenvalue weighted by Gasteiger charge is 2.28. The molecule has 1 atom stereocenters. The number of nitrogens with two attached hydrogens (primary N) is 1. The molecule has 0 amide bonds. The van der Waals surface area contributed by atoms with Crippen LogP contribution in [-0.4, -0.2) is 16.6 Å². The molecule has 0 saturated carbocycles. The first kappa shape index (κ1) is 13.7. The second-order valence-electron chi connectivity index (χ2n) is 5.07. The molecule has 0 aromatic heterocycles. The third-order valence-electron chi connectivity index (χ3n) is 3.07. The Kier molecular flexibility index (Phi) is 4.29. The highest BCUT2D eigenvalue weighted by Crippen LogP contribution is 2.29. The Labute approximate surface area is 103 Å². The zero-order valence-corrected chi connectivity index (χ0v) is 10.7. The quantitative estimate of drug-likeness (QED) is 0.824. The molecule has 0 saturated heterocycles. The van der Waals surface area contributed by atoms with Crippen molar-refractivity contribution in [3.05, 3.63) is 35.4 Å². The molecule has 94 valence electrons. The van der Waals surface area contributed by atoms with E-state index in [1.54, 1.807) is 0 Å². The van der Waals surface area contributed by atoms with Crippen molar-refractivity contribution in [2.45, 2.75) is 45.1 Å². The van der Waals surface area contributed by atoms with E-state index in [2.05, 4.69) is 6.92 Å². The van der Waals surface area contributed by atoms with Crippen LogP contribution in [0.25, 0.3) is 0 Å². The van der Waals surface area contributed by atoms with Gasteiger partial charge in [-0.15, -0.1) is 0 Å². The Morgan fingerprint density at radius 3 is 2.24 bits per heavy atom. The Hall–Kier alpha value is -1.35. The SMILES string of the molecule is CCc1ccc(C(CC(=O)O)C(C)(C)N)cc1. The number of aryl methyl sites for hydroxylation is 1. The van der Waals surface area contributed by atoms with Gasteiger partial charge in [-0.2, -0.15) is 0 Å². The molecule has 1 aromatic rings. The summed E-state index contributed by atoms with van der Waals surface area (Å²) in [4.78, 5) is 10.9. The van der Waals surface area contributed by atoms with E-state index in [9.17, 15) is 4.79 Å². The van der Waals surface area contributed by atoms with Gasteiger partial charge in [-0.3, -0.25) is 4.79 Å². The molecule has 3 N–H and O–H groups in total. The number of carboxylic acid groups (broad SMARTS) is 1. The molecule has 0 spiro atoms. The van der Waals surface area contributed by atoms with Crippen molar-refractivity contribution in [2.75, 3.05) is 0 Å². The third kappa shape index (κ3) is 3.86. The van der Waals surface area contributed by atoms with Gasteiger partial charge < -0.3 is 10.8 Å². The van der Waals surface area contributed by atoms with E-state index < -0.39 is 11.5 Å². The molecule has 0 aliphatic heterocycles. The van der Waals surface area contributed by atoms with Crippen LogP contribution in [0.2, 0.25) is 0 Å². The molecule has 3 heteroatoms. The number of hydrogen-bond acceptors (Lipinski definition) is 2. The maximum absolute atomic E-state index is 10.9. The summed E-state index contributed by atoms with van der Waals surface area (Å²) in [7, 11) is 0. The van der Waals surface area contributed by atoms with E-state index in [1.165, 1.54) is 5.56 Å². The van der Waals surface area contributed by atoms with Crippen molar-refractivity contribution in [3.8, 4) is 0 Å². The number of benzene rings is 1. The molecule has 0 heterocycles. The molecule has 0 radical (unpaired) electrons. The lowest BCUT2D eigenvalue weighted by molar-refractivity contribution is -0.137. The van der Waals surface area contributed by atoms with Crippen LogP contribution >= 0.6 is 0 Å². The monoisotopic (exact) mass is 235 g/mol. The van der Waals surface area contributed by atoms with E-state index in [-0.39, 0.29) is 12.3 Å². The van der Waals surface area contributed by atoms with Gasteiger partial charge in [0.25, 0.3) is 0 Å². The molecule has 1 unspecified atom stereocenters. The lowest BCUT2D eigenvalue weighted by atomic mass is 9.80. The predicted molar refractivity (Wildman–Crippen MR) is 69.1 cm³/mol. The van der Waals surface area contributed by atoms with Crippen LogP contribution in [0.4, 0.5) is 0 Å². The molecule has 1 rings (SSSR count). The number of aliphatic carboxylic acids is 1. The largest absolute Gasteiger partial charge is 0.481 e. The summed E-state index contributed by atoms with van der Waals surface area (Å²) in [6.07, 6.45) is 1.05. The van der Waals surface area contributed by atoms with Gasteiger partial charge in [-0.1, -0.05) is 31.2 Å². The average Bonchev–Trinajstić information content (AvgIpc) is 2.24. The van der Waals surface area contributed by atoms with E-state index in [0.717, 1.165) is 12.0 Å². The predicted octanol–water partition coefficient (Wildman–Crippen LogP) is 2.54. The third-order valence-corrected chi connectivity index (χ3v) is 3.07. The summed E-state index contributed by atoms with van der Waals surface area (Å²) < 4.78 is 0. The van der Waals surface area contributed by atoms with Gasteiger partial charge in [0.1, 0.15) is 0 Å². The highest BCUT2D eigenvalue weighted by atomic mass is 16.4. The summed E-state index contributed by atoms with van der Waals surface area (Å²) in [5, 5.41) is 8.95. The maximum Gasteiger partial charge on any atom is 0.304 e. The number of carbonyl (C=O) groups is 1. The molecule has 3 nitrogen and oxygen atoms in total. The van der Waals surface area contributed by atoms with Crippen molar-refractivity contribution < 1.29 is 9.90 Å². The van der Waals surface area contributed by atoms with Gasteiger partial charge >= 0.3 is 5.97 Å². The zero-order chi connectivity index (χ0) is 13.1. The Balaban J connectivity index is 3.00. The summed E-state index contributed by atoms with van der Waals surface area (Å²) in [6, 6.07) is 8.05. The average molecular weight is 235 g/mol. The first-order valence-corrected chi connectivity index (χ1v) is 5.94. The smallest absolute Gasteiger partial charge is 0.304 e. The molecular formula is C14H21NO2. The molecule has 0 bridgehead atoms. The van der Waals surface area contributed by atoms with Crippen molar-refractivity contribution >= 4 is 5.97 Å². The first-order chi connectivity index (χ1) is 7.84. The molecule has 0 aliphatic rings. The zero-order valence-electron chi connectivity index (χ0n) is 10.7.